The molecule has 0 atom stereocenters. The topological polar surface area (TPSA) is 44.9 Å². The molecule has 1 amide bonds. The lowest BCUT2D eigenvalue weighted by Gasteiger charge is -2.09. The van der Waals surface area contributed by atoms with E-state index in [2.05, 4.69) is 10.3 Å². The number of H-pyrrole nitrogens is 1. The van der Waals surface area contributed by atoms with E-state index >= 15 is 0 Å². The molecular formula is C17H15ClN2O. The maximum atomic E-state index is 12.5. The van der Waals surface area contributed by atoms with E-state index in [-0.39, 0.29) is 5.91 Å². The van der Waals surface area contributed by atoms with Crippen LogP contribution in [-0.2, 0) is 0 Å². The number of hydrogen-bond donors (Lipinski definition) is 2. The first-order chi connectivity index (χ1) is 10.1. The lowest BCUT2D eigenvalue weighted by molar-refractivity contribution is 0.102. The Labute approximate surface area is 127 Å². The fraction of sp³-hybridized carbons (Fsp3) is 0.118. The summed E-state index contributed by atoms with van der Waals surface area (Å²) < 4.78 is 0. The molecule has 0 bridgehead atoms. The fourth-order valence-corrected chi connectivity index (χ4v) is 2.53. The van der Waals surface area contributed by atoms with Crippen molar-refractivity contribution in [3.63, 3.8) is 0 Å². The van der Waals surface area contributed by atoms with Gasteiger partial charge in [0.15, 0.2) is 0 Å². The second-order valence-corrected chi connectivity index (χ2v) is 5.53. The molecule has 1 heterocycles. The summed E-state index contributed by atoms with van der Waals surface area (Å²) in [6, 6.07) is 11.3. The van der Waals surface area contributed by atoms with E-state index in [1.165, 1.54) is 0 Å². The highest BCUT2D eigenvalue weighted by Gasteiger charge is 2.13. The number of rotatable bonds is 2. The molecule has 3 nitrogen and oxygen atoms in total. The van der Waals surface area contributed by atoms with E-state index in [1.54, 1.807) is 18.3 Å². The Balaban J connectivity index is 1.97. The van der Waals surface area contributed by atoms with Crippen LogP contribution in [0.4, 0.5) is 5.69 Å². The van der Waals surface area contributed by atoms with Gasteiger partial charge in [-0.25, -0.2) is 0 Å². The van der Waals surface area contributed by atoms with Crippen LogP contribution in [0.3, 0.4) is 0 Å². The highest BCUT2D eigenvalue weighted by Crippen LogP contribution is 2.24. The molecule has 106 valence electrons. The van der Waals surface area contributed by atoms with Crippen LogP contribution in [0.5, 0.6) is 0 Å². The summed E-state index contributed by atoms with van der Waals surface area (Å²) in [7, 11) is 0. The van der Waals surface area contributed by atoms with E-state index < -0.39 is 0 Å². The fourth-order valence-electron chi connectivity index (χ4n) is 2.36. The second kappa shape index (κ2) is 5.26. The van der Waals surface area contributed by atoms with Gasteiger partial charge in [0.05, 0.1) is 5.56 Å². The molecule has 3 aromatic rings. The number of halogens is 1. The Morgan fingerprint density at radius 3 is 2.81 bits per heavy atom. The molecule has 0 spiro atoms. The zero-order valence-electron chi connectivity index (χ0n) is 11.8. The Kier molecular flexibility index (Phi) is 3.43. The number of aromatic nitrogens is 1. The van der Waals surface area contributed by atoms with Gasteiger partial charge in [-0.05, 0) is 49.2 Å². The third-order valence-electron chi connectivity index (χ3n) is 3.74. The largest absolute Gasteiger partial charge is 0.360 e. The first kappa shape index (κ1) is 13.7. The van der Waals surface area contributed by atoms with Gasteiger partial charge in [0.2, 0.25) is 0 Å². The number of carbonyl (C=O) groups is 1. The van der Waals surface area contributed by atoms with Crippen molar-refractivity contribution in [1.82, 2.24) is 4.98 Å². The molecule has 2 N–H and O–H groups in total. The zero-order valence-corrected chi connectivity index (χ0v) is 12.6. The molecule has 0 aliphatic heterocycles. The Hall–Kier alpha value is -2.26. The first-order valence-corrected chi connectivity index (χ1v) is 7.08. The minimum atomic E-state index is -0.141. The van der Waals surface area contributed by atoms with Gasteiger partial charge in [-0.3, -0.25) is 4.79 Å². The molecular weight excluding hydrogens is 284 g/mol. The summed E-state index contributed by atoms with van der Waals surface area (Å²) >= 11 is 6.01. The Morgan fingerprint density at radius 2 is 2.00 bits per heavy atom. The summed E-state index contributed by atoms with van der Waals surface area (Å²) in [4.78, 5) is 15.6. The second-order valence-electron chi connectivity index (χ2n) is 5.09. The van der Waals surface area contributed by atoms with Gasteiger partial charge in [0, 0.05) is 27.8 Å². The molecule has 0 radical (unpaired) electrons. The van der Waals surface area contributed by atoms with Crippen LogP contribution in [0.2, 0.25) is 5.02 Å². The van der Waals surface area contributed by atoms with Crippen molar-refractivity contribution in [3.05, 3.63) is 64.3 Å². The van der Waals surface area contributed by atoms with Crippen LogP contribution in [-0.4, -0.2) is 10.9 Å². The standard InChI is InChI=1S/C17H15ClN2O/c1-10-4-3-5-15(11(10)2)20-17(21)14-9-19-16-7-6-12(18)8-13(14)16/h3-9,19H,1-2H3,(H,20,21). The average molecular weight is 299 g/mol. The van der Waals surface area contributed by atoms with Gasteiger partial charge in [-0.1, -0.05) is 23.7 Å². The molecule has 2 aromatic carbocycles. The molecule has 1 aromatic heterocycles. The molecule has 0 saturated heterocycles. The molecule has 0 aliphatic carbocycles. The zero-order chi connectivity index (χ0) is 15.0. The number of nitrogens with one attached hydrogen (secondary N) is 2. The number of benzene rings is 2. The van der Waals surface area contributed by atoms with Crippen LogP contribution in [0, 0.1) is 13.8 Å². The van der Waals surface area contributed by atoms with E-state index in [9.17, 15) is 4.79 Å². The summed E-state index contributed by atoms with van der Waals surface area (Å²) in [5.41, 5.74) is 4.54. The number of aromatic amines is 1. The van der Waals surface area contributed by atoms with Crippen molar-refractivity contribution >= 4 is 34.1 Å². The molecule has 21 heavy (non-hydrogen) atoms. The van der Waals surface area contributed by atoms with Gasteiger partial charge in [0.1, 0.15) is 0 Å². The molecule has 0 saturated carbocycles. The van der Waals surface area contributed by atoms with E-state index in [0.717, 1.165) is 27.7 Å². The SMILES string of the molecule is Cc1cccc(NC(=O)c2c[nH]c3ccc(Cl)cc23)c1C. The van der Waals surface area contributed by atoms with E-state index in [1.807, 2.05) is 38.1 Å². The van der Waals surface area contributed by atoms with Crippen LogP contribution in [0.25, 0.3) is 10.9 Å². The van der Waals surface area contributed by atoms with Crippen molar-refractivity contribution in [1.29, 1.82) is 0 Å². The van der Waals surface area contributed by atoms with Gasteiger partial charge in [0.25, 0.3) is 5.91 Å². The third kappa shape index (κ3) is 2.52. The van der Waals surface area contributed by atoms with Crippen LogP contribution in [0.1, 0.15) is 21.5 Å². The normalized spacial score (nSPS) is 10.8. The summed E-state index contributed by atoms with van der Waals surface area (Å²) in [6.45, 7) is 4.02. The highest BCUT2D eigenvalue weighted by molar-refractivity contribution is 6.31. The maximum absolute atomic E-state index is 12.5. The monoisotopic (exact) mass is 298 g/mol. The van der Waals surface area contributed by atoms with Gasteiger partial charge >= 0.3 is 0 Å². The minimum absolute atomic E-state index is 0.141. The number of aryl methyl sites for hydroxylation is 1. The van der Waals surface area contributed by atoms with Gasteiger partial charge in [-0.15, -0.1) is 0 Å². The highest BCUT2D eigenvalue weighted by atomic mass is 35.5. The number of carbonyl (C=O) groups excluding carboxylic acids is 1. The summed E-state index contributed by atoms with van der Waals surface area (Å²) in [5.74, 6) is -0.141. The maximum Gasteiger partial charge on any atom is 0.257 e. The van der Waals surface area contributed by atoms with Crippen molar-refractivity contribution in [3.8, 4) is 0 Å². The predicted octanol–water partition coefficient (Wildman–Crippen LogP) is 4.69. The first-order valence-electron chi connectivity index (χ1n) is 6.70. The minimum Gasteiger partial charge on any atom is -0.360 e. The van der Waals surface area contributed by atoms with Gasteiger partial charge in [-0.2, -0.15) is 0 Å². The van der Waals surface area contributed by atoms with E-state index in [4.69, 9.17) is 11.6 Å². The van der Waals surface area contributed by atoms with Crippen LogP contribution < -0.4 is 5.32 Å². The van der Waals surface area contributed by atoms with Crippen LogP contribution >= 0.6 is 11.6 Å². The number of anilines is 1. The summed E-state index contributed by atoms with van der Waals surface area (Å²) in [6.07, 6.45) is 1.71. The molecule has 0 unspecified atom stereocenters. The number of hydrogen-bond acceptors (Lipinski definition) is 1. The van der Waals surface area contributed by atoms with Gasteiger partial charge < -0.3 is 10.3 Å². The molecule has 3 rings (SSSR count). The quantitative estimate of drug-likeness (QED) is 0.708. The van der Waals surface area contributed by atoms with Crippen molar-refractivity contribution in [2.24, 2.45) is 0 Å². The molecule has 0 aliphatic rings. The predicted molar refractivity (Wildman–Crippen MR) is 87.2 cm³/mol. The van der Waals surface area contributed by atoms with E-state index in [0.29, 0.717) is 10.6 Å². The Morgan fingerprint density at radius 1 is 1.19 bits per heavy atom. The molecule has 0 fully saturated rings. The van der Waals surface area contributed by atoms with Crippen LogP contribution in [0.15, 0.2) is 42.6 Å². The average Bonchev–Trinajstić information content (AvgIpc) is 2.87. The van der Waals surface area contributed by atoms with Crippen molar-refractivity contribution in [2.75, 3.05) is 5.32 Å². The van der Waals surface area contributed by atoms with Crippen molar-refractivity contribution < 1.29 is 4.79 Å². The smallest absolute Gasteiger partial charge is 0.257 e. The molecule has 4 heteroatoms. The number of amides is 1. The third-order valence-corrected chi connectivity index (χ3v) is 3.98. The summed E-state index contributed by atoms with van der Waals surface area (Å²) in [5, 5.41) is 4.40. The lowest BCUT2D eigenvalue weighted by atomic mass is 10.1. The number of fused-ring (bicyclic) bond motifs is 1. The lowest BCUT2D eigenvalue weighted by Crippen LogP contribution is -2.12. The van der Waals surface area contributed by atoms with Crippen molar-refractivity contribution in [2.45, 2.75) is 13.8 Å². The Bertz CT molecular complexity index is 836.